The molecule has 0 N–H and O–H groups in total. The van der Waals surface area contributed by atoms with E-state index < -0.39 is 0 Å². The average Bonchev–Trinajstić information content (AvgIpc) is 3.44. The number of fused-ring (bicyclic) bond motifs is 2. The summed E-state index contributed by atoms with van der Waals surface area (Å²) in [5.41, 5.74) is 3.38. The topological polar surface area (TPSA) is 84.0 Å². The molecule has 0 aliphatic heterocycles. The Morgan fingerprint density at radius 2 is 1.81 bits per heavy atom. The normalized spacial score (nSPS) is 14.6. The van der Waals surface area contributed by atoms with Crippen molar-refractivity contribution in [3.63, 3.8) is 0 Å². The van der Waals surface area contributed by atoms with Crippen LogP contribution in [0.2, 0.25) is 0 Å². The summed E-state index contributed by atoms with van der Waals surface area (Å²) in [4.78, 5) is 30.2. The molecule has 0 saturated carbocycles. The van der Waals surface area contributed by atoms with Crippen LogP contribution >= 0.6 is 11.3 Å². The predicted octanol–water partition coefficient (Wildman–Crippen LogP) is 5.96. The number of aryl methyl sites for hydroxylation is 1. The third-order valence-corrected chi connectivity index (χ3v) is 6.30. The molecule has 2 aromatic carbocycles. The van der Waals surface area contributed by atoms with Gasteiger partial charge < -0.3 is 4.42 Å². The van der Waals surface area contributed by atoms with Crippen LogP contribution in [0.25, 0.3) is 28.6 Å². The third-order valence-electron chi connectivity index (χ3n) is 5.35. The van der Waals surface area contributed by atoms with Crippen molar-refractivity contribution in [2.45, 2.75) is 13.3 Å². The van der Waals surface area contributed by atoms with Crippen molar-refractivity contribution >= 4 is 51.5 Å². The van der Waals surface area contributed by atoms with E-state index in [1.807, 2.05) is 49.4 Å². The van der Waals surface area contributed by atoms with E-state index in [-0.39, 0.29) is 22.7 Å². The molecule has 0 spiro atoms. The molecule has 0 amide bonds. The van der Waals surface area contributed by atoms with E-state index >= 15 is 0 Å². The third kappa shape index (κ3) is 3.39. The number of benzene rings is 2. The second-order valence-electron chi connectivity index (χ2n) is 7.35. The van der Waals surface area contributed by atoms with Gasteiger partial charge in [-0.25, -0.2) is 4.98 Å². The molecule has 32 heavy (non-hydrogen) atoms. The summed E-state index contributed by atoms with van der Waals surface area (Å²) in [6.07, 6.45) is 5.98. The summed E-state index contributed by atoms with van der Waals surface area (Å²) >= 11 is 1.47. The van der Waals surface area contributed by atoms with E-state index in [0.29, 0.717) is 29.0 Å². The number of furan rings is 1. The van der Waals surface area contributed by atoms with Crippen molar-refractivity contribution in [3.05, 3.63) is 92.7 Å². The van der Waals surface area contributed by atoms with E-state index in [1.54, 1.807) is 12.1 Å². The minimum atomic E-state index is -0.386. The maximum absolute atomic E-state index is 12.9. The molecule has 6 heteroatoms. The quantitative estimate of drug-likeness (QED) is 0.291. The molecule has 154 valence electrons. The second-order valence-corrected chi connectivity index (χ2v) is 8.41. The summed E-state index contributed by atoms with van der Waals surface area (Å²) < 4.78 is 6.61. The van der Waals surface area contributed by atoms with E-state index in [9.17, 15) is 14.9 Å². The number of carbonyl (C=O) groups excluding carboxylic acids is 2. The number of hydrogen-bond donors (Lipinski definition) is 0. The van der Waals surface area contributed by atoms with Crippen molar-refractivity contribution in [3.8, 4) is 6.07 Å². The van der Waals surface area contributed by atoms with Crippen LogP contribution in [0.1, 0.15) is 55.1 Å². The molecule has 0 bridgehead atoms. The maximum atomic E-state index is 12.9. The first-order chi connectivity index (χ1) is 15.6. The van der Waals surface area contributed by atoms with Gasteiger partial charge in [0.25, 0.3) is 0 Å². The molecular weight excluding hydrogens is 420 g/mol. The monoisotopic (exact) mass is 436 g/mol. The zero-order valence-corrected chi connectivity index (χ0v) is 17.9. The molecule has 1 aliphatic rings. The highest BCUT2D eigenvalue weighted by molar-refractivity contribution is 7.19. The van der Waals surface area contributed by atoms with Crippen molar-refractivity contribution < 1.29 is 14.0 Å². The van der Waals surface area contributed by atoms with Gasteiger partial charge in [-0.05, 0) is 41.8 Å². The lowest BCUT2D eigenvalue weighted by molar-refractivity contribution is 0.0990. The minimum absolute atomic E-state index is 0.0442. The molecule has 5 nitrogen and oxygen atoms in total. The van der Waals surface area contributed by atoms with Crippen LogP contribution in [0.5, 0.6) is 0 Å². The van der Waals surface area contributed by atoms with Gasteiger partial charge >= 0.3 is 0 Å². The smallest absolute Gasteiger partial charge is 0.238 e. The van der Waals surface area contributed by atoms with E-state index in [2.05, 4.69) is 11.1 Å². The van der Waals surface area contributed by atoms with Crippen LogP contribution in [0.15, 0.2) is 58.5 Å². The van der Waals surface area contributed by atoms with Crippen molar-refractivity contribution in [1.29, 1.82) is 5.26 Å². The molecule has 5 rings (SSSR count). The SMILES string of the molecule is CCc1cc2c(cc1C#N)C(=O)/C(=C/c1cc3sc(/C=C/c4ccccc4)nc3o1)C2=O. The lowest BCUT2D eigenvalue weighted by Crippen LogP contribution is -1.99. The van der Waals surface area contributed by atoms with Gasteiger partial charge in [-0.1, -0.05) is 43.3 Å². The largest absolute Gasteiger partial charge is 0.437 e. The Labute approximate surface area is 187 Å². The fourth-order valence-electron chi connectivity index (χ4n) is 3.73. The molecule has 0 atom stereocenters. The van der Waals surface area contributed by atoms with E-state index in [1.165, 1.54) is 23.5 Å². The number of thiazole rings is 1. The standard InChI is InChI=1S/C26H16N2O3S/c1-2-16-10-19-20(11-17(16)14-27)25(30)21(24(19)29)12-18-13-22-26(31-18)28-23(32-22)9-8-15-6-4-3-5-7-15/h3-13H,2H2,1H3/b9-8+,21-12+. The summed E-state index contributed by atoms with van der Waals surface area (Å²) in [5.74, 6) is -0.329. The maximum Gasteiger partial charge on any atom is 0.238 e. The number of aromatic nitrogens is 1. The highest BCUT2D eigenvalue weighted by Gasteiger charge is 2.34. The van der Waals surface area contributed by atoms with Crippen LogP contribution in [-0.2, 0) is 6.42 Å². The van der Waals surface area contributed by atoms with Gasteiger partial charge in [0.15, 0.2) is 11.6 Å². The highest BCUT2D eigenvalue weighted by Crippen LogP contribution is 2.33. The second kappa shape index (κ2) is 7.88. The molecule has 0 saturated heterocycles. The lowest BCUT2D eigenvalue weighted by atomic mass is 9.99. The van der Waals surface area contributed by atoms with Crippen molar-refractivity contribution in [2.75, 3.05) is 0 Å². The number of allylic oxidation sites excluding steroid dienone is 1. The summed E-state index contributed by atoms with van der Waals surface area (Å²) in [7, 11) is 0. The Morgan fingerprint density at radius 3 is 2.50 bits per heavy atom. The van der Waals surface area contributed by atoms with Gasteiger partial charge in [0.2, 0.25) is 5.71 Å². The molecule has 2 aromatic heterocycles. The Balaban J connectivity index is 1.44. The molecule has 0 radical (unpaired) electrons. The Hall–Kier alpha value is -4.08. The van der Waals surface area contributed by atoms with Crippen molar-refractivity contribution in [2.24, 2.45) is 0 Å². The van der Waals surface area contributed by atoms with Crippen LogP contribution in [0.4, 0.5) is 0 Å². The Morgan fingerprint density at radius 1 is 1.06 bits per heavy atom. The number of ketones is 2. The number of nitriles is 1. The van der Waals surface area contributed by atoms with E-state index in [4.69, 9.17) is 4.42 Å². The summed E-state index contributed by atoms with van der Waals surface area (Å²) in [6, 6.07) is 17.0. The van der Waals surface area contributed by atoms with Crippen LogP contribution in [-0.4, -0.2) is 16.6 Å². The summed E-state index contributed by atoms with van der Waals surface area (Å²) in [6.45, 7) is 1.91. The van der Waals surface area contributed by atoms with Crippen LogP contribution in [0.3, 0.4) is 0 Å². The first-order valence-electron chi connectivity index (χ1n) is 10.1. The molecule has 1 aliphatic carbocycles. The van der Waals surface area contributed by atoms with E-state index in [0.717, 1.165) is 20.8 Å². The number of hydrogen-bond acceptors (Lipinski definition) is 6. The summed E-state index contributed by atoms with van der Waals surface area (Å²) in [5, 5.41) is 10.1. The van der Waals surface area contributed by atoms with Crippen LogP contribution < -0.4 is 0 Å². The lowest BCUT2D eigenvalue weighted by Gasteiger charge is -2.03. The van der Waals surface area contributed by atoms with Gasteiger partial charge in [-0.15, -0.1) is 11.3 Å². The molecule has 0 unspecified atom stereocenters. The Kier molecular flexibility index (Phi) is 4.89. The Bertz CT molecular complexity index is 1470. The fraction of sp³-hybridized carbons (Fsp3) is 0.0769. The molecular formula is C26H16N2O3S. The minimum Gasteiger partial charge on any atom is -0.437 e. The average molecular weight is 436 g/mol. The van der Waals surface area contributed by atoms with Crippen molar-refractivity contribution in [1.82, 2.24) is 4.98 Å². The highest BCUT2D eigenvalue weighted by atomic mass is 32.1. The molecule has 0 fully saturated rings. The van der Waals surface area contributed by atoms with Gasteiger partial charge in [-0.2, -0.15) is 5.26 Å². The number of Topliss-reactive ketones (excluding diaryl/α,β-unsaturated/α-hetero) is 2. The van der Waals surface area contributed by atoms with Crippen LogP contribution in [0, 0.1) is 11.3 Å². The zero-order chi connectivity index (χ0) is 22.2. The molecule has 4 aromatic rings. The predicted molar refractivity (Wildman–Crippen MR) is 124 cm³/mol. The number of carbonyl (C=O) groups is 2. The fourth-order valence-corrected chi connectivity index (χ4v) is 4.57. The van der Waals surface area contributed by atoms with Gasteiger partial charge in [0.05, 0.1) is 21.9 Å². The van der Waals surface area contributed by atoms with Gasteiger partial charge in [-0.3, -0.25) is 9.59 Å². The number of nitrogens with zero attached hydrogens (tertiary/aromatic N) is 2. The van der Waals surface area contributed by atoms with Gasteiger partial charge in [0.1, 0.15) is 10.8 Å². The first kappa shape index (κ1) is 19.9. The zero-order valence-electron chi connectivity index (χ0n) is 17.1. The number of rotatable bonds is 4. The van der Waals surface area contributed by atoms with Gasteiger partial charge in [0, 0.05) is 17.2 Å². The molecule has 2 heterocycles. The first-order valence-corrected chi connectivity index (χ1v) is 10.9.